The van der Waals surface area contributed by atoms with Gasteiger partial charge in [0.05, 0.1) is 25.2 Å². The van der Waals surface area contributed by atoms with Gasteiger partial charge in [0, 0.05) is 5.56 Å². The second-order valence-electron chi connectivity index (χ2n) is 3.91. The summed E-state index contributed by atoms with van der Waals surface area (Å²) < 4.78 is 18.1. The van der Waals surface area contributed by atoms with Crippen LogP contribution in [0.25, 0.3) is 0 Å². The topological polar surface area (TPSA) is 110 Å². The third-order valence-corrected chi connectivity index (χ3v) is 2.51. The number of amides is 1. The van der Waals surface area contributed by atoms with Gasteiger partial charge in [-0.3, -0.25) is 4.79 Å². The van der Waals surface area contributed by atoms with E-state index in [1.165, 1.54) is 6.07 Å². The molecule has 4 N–H and O–H groups in total. The second kappa shape index (κ2) is 6.26. The third kappa shape index (κ3) is 3.73. The lowest BCUT2D eigenvalue weighted by Crippen LogP contribution is -2.26. The molecule has 2 atom stereocenters. The highest BCUT2D eigenvalue weighted by atomic mass is 19.1. The molecule has 0 bridgehead atoms. The average molecular weight is 271 g/mol. The number of nitrogens with two attached hydrogens (primary N) is 1. The lowest BCUT2D eigenvalue weighted by molar-refractivity contribution is -0.121. The molecule has 0 spiro atoms. The van der Waals surface area contributed by atoms with Crippen LogP contribution in [-0.4, -0.2) is 35.3 Å². The van der Waals surface area contributed by atoms with Crippen molar-refractivity contribution in [1.29, 1.82) is 0 Å². The summed E-state index contributed by atoms with van der Waals surface area (Å²) in [6.45, 7) is 0. The predicted molar refractivity (Wildman–Crippen MR) is 62.5 cm³/mol. The van der Waals surface area contributed by atoms with Crippen LogP contribution in [0, 0.1) is 5.82 Å². The van der Waals surface area contributed by atoms with Crippen molar-refractivity contribution >= 4 is 11.9 Å². The van der Waals surface area contributed by atoms with Crippen molar-refractivity contribution in [3.63, 3.8) is 0 Å². The van der Waals surface area contributed by atoms with Crippen molar-refractivity contribution in [3.8, 4) is 0 Å². The Bertz CT molecular complexity index is 491. The number of carbonyl (C=O) groups is 2. The molecule has 104 valence electrons. The first-order chi connectivity index (χ1) is 8.86. The molecule has 1 amide bonds. The Morgan fingerprint density at radius 3 is 2.53 bits per heavy atom. The molecule has 0 aliphatic heterocycles. The number of benzene rings is 1. The van der Waals surface area contributed by atoms with Crippen LogP contribution in [0.4, 0.5) is 4.39 Å². The fraction of sp³-hybridized carbons (Fsp3) is 0.333. The van der Waals surface area contributed by atoms with Crippen LogP contribution in [0.15, 0.2) is 18.2 Å². The fourth-order valence-corrected chi connectivity index (χ4v) is 1.54. The van der Waals surface area contributed by atoms with E-state index in [0.29, 0.717) is 0 Å². The molecular weight excluding hydrogens is 257 g/mol. The molecule has 0 aliphatic rings. The van der Waals surface area contributed by atoms with Crippen LogP contribution in [0.2, 0.25) is 0 Å². The molecule has 1 rings (SSSR count). The molecule has 0 heterocycles. The summed E-state index contributed by atoms with van der Waals surface area (Å²) in [5, 5.41) is 19.2. The second-order valence-corrected chi connectivity index (χ2v) is 3.91. The number of carbonyl (C=O) groups excluding carboxylic acids is 2. The standard InChI is InChI=1S/C12H14FNO5/c1-19-12(18)6-2-3-7(8(13)4-6)11(17)9(15)5-10(14)16/h2-4,9,11,15,17H,5H2,1H3,(H2,14,16). The van der Waals surface area contributed by atoms with Gasteiger partial charge in [-0.05, 0) is 12.1 Å². The maximum Gasteiger partial charge on any atom is 0.337 e. The molecule has 1 aromatic rings. The quantitative estimate of drug-likeness (QED) is 0.647. The normalized spacial score (nSPS) is 13.7. The summed E-state index contributed by atoms with van der Waals surface area (Å²) in [7, 11) is 1.15. The Kier molecular flexibility index (Phi) is 4.96. The molecule has 7 heteroatoms. The lowest BCUT2D eigenvalue weighted by atomic mass is 10.00. The highest BCUT2D eigenvalue weighted by Crippen LogP contribution is 2.23. The molecule has 0 aliphatic carbocycles. The molecule has 0 saturated carbocycles. The number of aliphatic hydroxyl groups is 2. The highest BCUT2D eigenvalue weighted by molar-refractivity contribution is 5.89. The van der Waals surface area contributed by atoms with Crippen LogP contribution in [-0.2, 0) is 9.53 Å². The smallest absolute Gasteiger partial charge is 0.337 e. The first-order valence-corrected chi connectivity index (χ1v) is 5.39. The fourth-order valence-electron chi connectivity index (χ4n) is 1.54. The first-order valence-electron chi connectivity index (χ1n) is 5.39. The van der Waals surface area contributed by atoms with E-state index >= 15 is 0 Å². The Morgan fingerprint density at radius 2 is 2.05 bits per heavy atom. The Hall–Kier alpha value is -1.99. The SMILES string of the molecule is COC(=O)c1ccc(C(O)C(O)CC(N)=O)c(F)c1. The highest BCUT2D eigenvalue weighted by Gasteiger charge is 2.23. The zero-order valence-corrected chi connectivity index (χ0v) is 10.2. The predicted octanol–water partition coefficient (Wildman–Crippen LogP) is -0.118. The average Bonchev–Trinajstić information content (AvgIpc) is 2.36. The molecule has 2 unspecified atom stereocenters. The van der Waals surface area contributed by atoms with E-state index in [1.807, 2.05) is 0 Å². The summed E-state index contributed by atoms with van der Waals surface area (Å²) in [5.74, 6) is -2.44. The Labute approximate surface area is 108 Å². The Morgan fingerprint density at radius 1 is 1.42 bits per heavy atom. The van der Waals surface area contributed by atoms with Gasteiger partial charge in [-0.1, -0.05) is 6.07 Å². The van der Waals surface area contributed by atoms with Gasteiger partial charge in [-0.2, -0.15) is 0 Å². The van der Waals surface area contributed by atoms with Crippen molar-refractivity contribution in [2.75, 3.05) is 7.11 Å². The zero-order valence-electron chi connectivity index (χ0n) is 10.2. The first kappa shape index (κ1) is 15.1. The molecule has 1 aromatic carbocycles. The lowest BCUT2D eigenvalue weighted by Gasteiger charge is -2.17. The van der Waals surface area contributed by atoms with Gasteiger partial charge in [0.2, 0.25) is 5.91 Å². The number of hydrogen-bond acceptors (Lipinski definition) is 5. The summed E-state index contributed by atoms with van der Waals surface area (Å²) in [6.07, 6.45) is -3.63. The van der Waals surface area contributed by atoms with Crippen LogP contribution >= 0.6 is 0 Å². The van der Waals surface area contributed by atoms with Gasteiger partial charge in [0.1, 0.15) is 11.9 Å². The third-order valence-electron chi connectivity index (χ3n) is 2.51. The van der Waals surface area contributed by atoms with E-state index < -0.39 is 36.3 Å². The number of rotatable bonds is 5. The number of methoxy groups -OCH3 is 1. The molecule has 0 fully saturated rings. The van der Waals surface area contributed by atoms with E-state index in [4.69, 9.17) is 5.73 Å². The summed E-state index contributed by atoms with van der Waals surface area (Å²) in [5.41, 5.74) is 4.60. The monoisotopic (exact) mass is 271 g/mol. The van der Waals surface area contributed by atoms with E-state index in [1.54, 1.807) is 0 Å². The number of aliphatic hydroxyl groups excluding tert-OH is 2. The van der Waals surface area contributed by atoms with Gasteiger partial charge in [-0.25, -0.2) is 9.18 Å². The van der Waals surface area contributed by atoms with E-state index in [-0.39, 0.29) is 11.1 Å². The van der Waals surface area contributed by atoms with Gasteiger partial charge in [0.15, 0.2) is 0 Å². The number of hydrogen-bond donors (Lipinski definition) is 3. The maximum absolute atomic E-state index is 13.7. The minimum Gasteiger partial charge on any atom is -0.465 e. The summed E-state index contributed by atoms with van der Waals surface area (Å²) in [4.78, 5) is 21.8. The van der Waals surface area contributed by atoms with E-state index in [2.05, 4.69) is 4.74 Å². The minimum absolute atomic E-state index is 0.0275. The summed E-state index contributed by atoms with van der Waals surface area (Å²) >= 11 is 0. The molecule has 0 saturated heterocycles. The van der Waals surface area contributed by atoms with Crippen molar-refractivity contribution in [2.24, 2.45) is 5.73 Å². The minimum atomic E-state index is -1.61. The van der Waals surface area contributed by atoms with Crippen molar-refractivity contribution in [3.05, 3.63) is 35.1 Å². The van der Waals surface area contributed by atoms with Crippen LogP contribution in [0.1, 0.15) is 28.4 Å². The molecular formula is C12H14FNO5. The van der Waals surface area contributed by atoms with Gasteiger partial charge >= 0.3 is 5.97 Å². The van der Waals surface area contributed by atoms with E-state index in [9.17, 15) is 24.2 Å². The van der Waals surface area contributed by atoms with Crippen molar-refractivity contribution in [1.82, 2.24) is 0 Å². The number of halogens is 1. The number of ether oxygens (including phenoxy) is 1. The van der Waals surface area contributed by atoms with Crippen molar-refractivity contribution < 1.29 is 28.9 Å². The molecule has 0 radical (unpaired) electrons. The van der Waals surface area contributed by atoms with Crippen LogP contribution in [0.5, 0.6) is 0 Å². The zero-order chi connectivity index (χ0) is 14.6. The largest absolute Gasteiger partial charge is 0.465 e. The van der Waals surface area contributed by atoms with Crippen LogP contribution < -0.4 is 5.73 Å². The summed E-state index contributed by atoms with van der Waals surface area (Å²) in [6, 6.07) is 3.25. The number of primary amides is 1. The molecule has 0 aromatic heterocycles. The number of esters is 1. The molecule has 6 nitrogen and oxygen atoms in total. The van der Waals surface area contributed by atoms with E-state index in [0.717, 1.165) is 19.2 Å². The molecule has 19 heavy (non-hydrogen) atoms. The van der Waals surface area contributed by atoms with Crippen LogP contribution in [0.3, 0.4) is 0 Å². The Balaban J connectivity index is 2.95. The van der Waals surface area contributed by atoms with Gasteiger partial charge < -0.3 is 20.7 Å². The maximum atomic E-state index is 13.7. The van der Waals surface area contributed by atoms with Gasteiger partial charge in [0.25, 0.3) is 0 Å². The van der Waals surface area contributed by atoms with Gasteiger partial charge in [-0.15, -0.1) is 0 Å². The van der Waals surface area contributed by atoms with Crippen molar-refractivity contribution in [2.45, 2.75) is 18.6 Å².